The maximum absolute atomic E-state index is 11.8. The molecule has 0 saturated carbocycles. The summed E-state index contributed by atoms with van der Waals surface area (Å²) in [4.78, 5) is 0. The molecule has 0 bridgehead atoms. The van der Waals surface area contributed by atoms with Gasteiger partial charge in [-0.05, 0) is 6.42 Å². The lowest BCUT2D eigenvalue weighted by atomic mass is 10.3. The standard InChI is InChI=1S/C10H12F3O4P/c1-3-7-15-18(14,16-8-4-2)17-9-5-6-10(11,12)13/h1-2H,5-9H2. The number of halogens is 3. The molecular formula is C10H12F3O4P. The summed E-state index contributed by atoms with van der Waals surface area (Å²) in [5.74, 6) is 4.06. The average Bonchev–Trinajstić information content (AvgIpc) is 2.29. The smallest absolute Gasteiger partial charge is 0.287 e. The largest absolute Gasteiger partial charge is 0.476 e. The Morgan fingerprint density at radius 1 is 1.06 bits per heavy atom. The molecular weight excluding hydrogens is 272 g/mol. The van der Waals surface area contributed by atoms with Crippen LogP contribution in [-0.4, -0.2) is 26.0 Å². The average molecular weight is 284 g/mol. The highest BCUT2D eigenvalue weighted by atomic mass is 31.2. The van der Waals surface area contributed by atoms with Gasteiger partial charge in [-0.3, -0.25) is 13.6 Å². The van der Waals surface area contributed by atoms with Gasteiger partial charge in [-0.1, -0.05) is 11.8 Å². The fraction of sp³-hybridized carbons (Fsp3) is 0.600. The highest BCUT2D eigenvalue weighted by Crippen LogP contribution is 2.49. The van der Waals surface area contributed by atoms with Gasteiger partial charge in [-0.15, -0.1) is 12.8 Å². The quantitative estimate of drug-likeness (QED) is 0.390. The van der Waals surface area contributed by atoms with Crippen LogP contribution < -0.4 is 0 Å². The van der Waals surface area contributed by atoms with Gasteiger partial charge >= 0.3 is 14.0 Å². The molecule has 0 saturated heterocycles. The van der Waals surface area contributed by atoms with Gasteiger partial charge < -0.3 is 0 Å². The number of hydrogen-bond donors (Lipinski definition) is 0. The Kier molecular flexibility index (Phi) is 7.73. The van der Waals surface area contributed by atoms with E-state index in [1.807, 2.05) is 11.8 Å². The van der Waals surface area contributed by atoms with E-state index >= 15 is 0 Å². The summed E-state index contributed by atoms with van der Waals surface area (Å²) in [6.07, 6.45) is 4.03. The van der Waals surface area contributed by atoms with Crippen molar-refractivity contribution in [2.45, 2.75) is 19.0 Å². The predicted molar refractivity (Wildman–Crippen MR) is 58.4 cm³/mol. The van der Waals surface area contributed by atoms with E-state index in [2.05, 4.69) is 13.6 Å². The SMILES string of the molecule is C#CCOP(=O)(OCC#C)OCCCC(F)(F)F. The molecule has 0 spiro atoms. The van der Waals surface area contributed by atoms with Gasteiger partial charge in [-0.2, -0.15) is 13.2 Å². The van der Waals surface area contributed by atoms with Crippen molar-refractivity contribution >= 4 is 7.82 Å². The fourth-order valence-electron chi connectivity index (χ4n) is 0.793. The molecule has 0 amide bonds. The Labute approximate surface area is 103 Å². The zero-order valence-electron chi connectivity index (χ0n) is 9.40. The van der Waals surface area contributed by atoms with Crippen molar-refractivity contribution in [3.05, 3.63) is 0 Å². The molecule has 0 N–H and O–H groups in total. The molecule has 0 aromatic rings. The van der Waals surface area contributed by atoms with E-state index in [0.29, 0.717) is 0 Å². The van der Waals surface area contributed by atoms with Crippen molar-refractivity contribution in [2.75, 3.05) is 19.8 Å². The second-order valence-corrected chi connectivity index (χ2v) is 4.62. The molecule has 0 aliphatic rings. The van der Waals surface area contributed by atoms with Crippen molar-refractivity contribution in [1.29, 1.82) is 0 Å². The summed E-state index contributed by atoms with van der Waals surface area (Å²) in [7, 11) is -3.99. The highest BCUT2D eigenvalue weighted by Gasteiger charge is 2.29. The first-order chi connectivity index (χ1) is 8.33. The first-order valence-corrected chi connectivity index (χ1v) is 6.26. The number of phosphoric acid groups is 1. The van der Waals surface area contributed by atoms with Gasteiger partial charge in [0.15, 0.2) is 0 Å². The monoisotopic (exact) mass is 284 g/mol. The first-order valence-electron chi connectivity index (χ1n) is 4.80. The van der Waals surface area contributed by atoms with Crippen LogP contribution >= 0.6 is 7.82 Å². The van der Waals surface area contributed by atoms with Gasteiger partial charge in [0.2, 0.25) is 0 Å². The second kappa shape index (κ2) is 8.18. The molecule has 0 fully saturated rings. The number of phosphoric ester groups is 1. The molecule has 0 rings (SSSR count). The topological polar surface area (TPSA) is 44.8 Å². The summed E-state index contributed by atoms with van der Waals surface area (Å²) >= 11 is 0. The van der Waals surface area contributed by atoms with Crippen LogP contribution in [0, 0.1) is 24.7 Å². The summed E-state index contributed by atoms with van der Waals surface area (Å²) < 4.78 is 61.1. The second-order valence-electron chi connectivity index (χ2n) is 2.95. The third-order valence-corrected chi connectivity index (χ3v) is 2.86. The Morgan fingerprint density at radius 3 is 1.94 bits per heavy atom. The summed E-state index contributed by atoms with van der Waals surface area (Å²) in [5, 5.41) is 0. The summed E-state index contributed by atoms with van der Waals surface area (Å²) in [6, 6.07) is 0. The molecule has 0 heterocycles. The van der Waals surface area contributed by atoms with Gasteiger partial charge in [0.1, 0.15) is 13.2 Å². The van der Waals surface area contributed by atoms with E-state index in [0.717, 1.165) is 0 Å². The molecule has 0 unspecified atom stereocenters. The number of rotatable bonds is 8. The number of hydrogen-bond acceptors (Lipinski definition) is 4. The van der Waals surface area contributed by atoms with Crippen molar-refractivity contribution in [2.24, 2.45) is 0 Å². The third kappa shape index (κ3) is 9.09. The van der Waals surface area contributed by atoms with Crippen LogP contribution in [0.3, 0.4) is 0 Å². The fourth-order valence-corrected chi connectivity index (χ4v) is 1.84. The van der Waals surface area contributed by atoms with E-state index in [1.165, 1.54) is 0 Å². The van der Waals surface area contributed by atoms with Gasteiger partial charge in [0.25, 0.3) is 0 Å². The van der Waals surface area contributed by atoms with E-state index in [1.54, 1.807) is 0 Å². The molecule has 0 aromatic carbocycles. The minimum absolute atomic E-state index is 0.360. The van der Waals surface area contributed by atoms with Crippen molar-refractivity contribution in [3.63, 3.8) is 0 Å². The summed E-state index contributed by atoms with van der Waals surface area (Å²) in [5.41, 5.74) is 0. The Hall–Kier alpha value is -0.980. The first kappa shape index (κ1) is 17.0. The predicted octanol–water partition coefficient (Wildman–Crippen LogP) is 2.75. The molecule has 102 valence electrons. The number of alkyl halides is 3. The Bertz CT molecular complexity index is 345. The van der Waals surface area contributed by atoms with Crippen LogP contribution in [0.25, 0.3) is 0 Å². The molecule has 8 heteroatoms. The lowest BCUT2D eigenvalue weighted by Gasteiger charge is -2.15. The van der Waals surface area contributed by atoms with E-state index < -0.39 is 27.0 Å². The minimum atomic E-state index is -4.30. The minimum Gasteiger partial charge on any atom is -0.287 e. The molecule has 0 aliphatic heterocycles. The van der Waals surface area contributed by atoms with Crippen molar-refractivity contribution in [1.82, 2.24) is 0 Å². The van der Waals surface area contributed by atoms with E-state index in [-0.39, 0.29) is 19.6 Å². The zero-order chi connectivity index (χ0) is 14.1. The van der Waals surface area contributed by atoms with Crippen LogP contribution in [0.5, 0.6) is 0 Å². The summed E-state index contributed by atoms with van der Waals surface area (Å²) in [6.45, 7) is -1.16. The van der Waals surface area contributed by atoms with Crippen LogP contribution in [-0.2, 0) is 18.1 Å². The van der Waals surface area contributed by atoms with Crippen LogP contribution in [0.2, 0.25) is 0 Å². The van der Waals surface area contributed by atoms with Crippen LogP contribution in [0.1, 0.15) is 12.8 Å². The molecule has 0 aromatic heterocycles. The Balaban J connectivity index is 4.14. The maximum atomic E-state index is 11.8. The molecule has 18 heavy (non-hydrogen) atoms. The normalized spacial score (nSPS) is 11.8. The van der Waals surface area contributed by atoms with Gasteiger partial charge in [0, 0.05) is 6.42 Å². The van der Waals surface area contributed by atoms with E-state index in [4.69, 9.17) is 12.8 Å². The van der Waals surface area contributed by atoms with Crippen molar-refractivity contribution in [3.8, 4) is 24.7 Å². The van der Waals surface area contributed by atoms with Gasteiger partial charge in [-0.25, -0.2) is 4.57 Å². The lowest BCUT2D eigenvalue weighted by Crippen LogP contribution is -2.09. The van der Waals surface area contributed by atoms with Crippen LogP contribution in [0.4, 0.5) is 13.2 Å². The van der Waals surface area contributed by atoms with Gasteiger partial charge in [0.05, 0.1) is 6.61 Å². The number of terminal acetylenes is 2. The van der Waals surface area contributed by atoms with E-state index in [9.17, 15) is 17.7 Å². The zero-order valence-corrected chi connectivity index (χ0v) is 10.3. The third-order valence-electron chi connectivity index (χ3n) is 1.47. The molecule has 0 atom stereocenters. The Morgan fingerprint density at radius 2 is 1.56 bits per heavy atom. The molecule has 0 radical (unpaired) electrons. The lowest BCUT2D eigenvalue weighted by molar-refractivity contribution is -0.136. The molecule has 0 aliphatic carbocycles. The molecule has 4 nitrogen and oxygen atoms in total. The van der Waals surface area contributed by atoms with Crippen LogP contribution in [0.15, 0.2) is 0 Å². The van der Waals surface area contributed by atoms with Crippen molar-refractivity contribution < 1.29 is 31.3 Å². The maximum Gasteiger partial charge on any atom is 0.476 e. The highest BCUT2D eigenvalue weighted by molar-refractivity contribution is 7.48.